The summed E-state index contributed by atoms with van der Waals surface area (Å²) in [7, 11) is 0. The summed E-state index contributed by atoms with van der Waals surface area (Å²) in [6.45, 7) is 0. The standard InChI is InChI=1S/C18H11Cl2N3OS2/c19-13-4-3-11(16(20)8-13)6-15-10-22-18(26-15)23-17(24)12(9-21)7-14-2-1-5-25-14/h1-5,7-8,10H,6H2,(H,22,23,24). The van der Waals surface area contributed by atoms with Gasteiger partial charge in [-0.2, -0.15) is 5.26 Å². The monoisotopic (exact) mass is 419 g/mol. The van der Waals surface area contributed by atoms with Crippen LogP contribution in [0, 0.1) is 11.3 Å². The summed E-state index contributed by atoms with van der Waals surface area (Å²) >= 11 is 14.9. The molecule has 3 rings (SSSR count). The molecule has 2 heterocycles. The van der Waals surface area contributed by atoms with Crippen LogP contribution in [-0.2, 0) is 11.2 Å². The third kappa shape index (κ3) is 4.71. The van der Waals surface area contributed by atoms with Crippen molar-refractivity contribution in [1.29, 1.82) is 5.26 Å². The molecular weight excluding hydrogens is 409 g/mol. The average Bonchev–Trinajstić information content (AvgIpc) is 3.27. The molecule has 0 aliphatic rings. The molecule has 0 atom stereocenters. The van der Waals surface area contributed by atoms with Crippen molar-refractivity contribution in [2.75, 3.05) is 5.32 Å². The zero-order chi connectivity index (χ0) is 18.5. The summed E-state index contributed by atoms with van der Waals surface area (Å²) in [5.41, 5.74) is 0.956. The highest BCUT2D eigenvalue weighted by Gasteiger charge is 2.13. The van der Waals surface area contributed by atoms with Gasteiger partial charge in [-0.3, -0.25) is 10.1 Å². The number of carbonyl (C=O) groups excluding carboxylic acids is 1. The molecule has 0 bridgehead atoms. The third-order valence-corrected chi connectivity index (χ3v) is 5.67. The molecule has 130 valence electrons. The number of anilines is 1. The first-order chi connectivity index (χ1) is 12.5. The van der Waals surface area contributed by atoms with Crippen molar-refractivity contribution in [3.05, 3.63) is 72.8 Å². The molecule has 2 aromatic heterocycles. The topological polar surface area (TPSA) is 65.8 Å². The minimum absolute atomic E-state index is 0.0324. The zero-order valence-electron chi connectivity index (χ0n) is 13.2. The van der Waals surface area contributed by atoms with Gasteiger partial charge in [0.05, 0.1) is 0 Å². The van der Waals surface area contributed by atoms with Crippen LogP contribution in [0.2, 0.25) is 10.0 Å². The normalized spacial score (nSPS) is 11.2. The Hall–Kier alpha value is -2.17. The highest BCUT2D eigenvalue weighted by molar-refractivity contribution is 7.15. The molecule has 0 aliphatic carbocycles. The predicted molar refractivity (Wildman–Crippen MR) is 108 cm³/mol. The Balaban J connectivity index is 1.70. The third-order valence-electron chi connectivity index (χ3n) is 3.35. The fraction of sp³-hybridized carbons (Fsp3) is 0.0556. The van der Waals surface area contributed by atoms with E-state index in [2.05, 4.69) is 10.3 Å². The Kier molecular flexibility index (Phi) is 6.07. The molecule has 0 unspecified atom stereocenters. The van der Waals surface area contributed by atoms with Crippen molar-refractivity contribution in [2.24, 2.45) is 0 Å². The van der Waals surface area contributed by atoms with Crippen LogP contribution < -0.4 is 5.32 Å². The van der Waals surface area contributed by atoms with E-state index in [1.54, 1.807) is 24.4 Å². The lowest BCUT2D eigenvalue weighted by Gasteiger charge is -2.02. The number of rotatable bonds is 5. The zero-order valence-corrected chi connectivity index (χ0v) is 16.3. The second-order valence-corrected chi connectivity index (χ2v) is 8.12. The van der Waals surface area contributed by atoms with Gasteiger partial charge < -0.3 is 0 Å². The van der Waals surface area contributed by atoms with Crippen molar-refractivity contribution in [3.8, 4) is 6.07 Å². The Morgan fingerprint density at radius 1 is 1.35 bits per heavy atom. The van der Waals surface area contributed by atoms with Crippen molar-refractivity contribution in [1.82, 2.24) is 4.98 Å². The number of nitrogens with one attached hydrogen (secondary N) is 1. The predicted octanol–water partition coefficient (Wildman–Crippen LogP) is 5.65. The van der Waals surface area contributed by atoms with Crippen molar-refractivity contribution in [3.63, 3.8) is 0 Å². The summed E-state index contributed by atoms with van der Waals surface area (Å²) in [4.78, 5) is 18.2. The van der Waals surface area contributed by atoms with Gasteiger partial charge in [-0.25, -0.2) is 4.98 Å². The lowest BCUT2D eigenvalue weighted by molar-refractivity contribution is -0.112. The van der Waals surface area contributed by atoms with Crippen LogP contribution in [0.3, 0.4) is 0 Å². The molecule has 1 amide bonds. The summed E-state index contributed by atoms with van der Waals surface area (Å²) in [6, 6.07) is 11.0. The minimum atomic E-state index is -0.480. The van der Waals surface area contributed by atoms with E-state index in [0.29, 0.717) is 21.6 Å². The van der Waals surface area contributed by atoms with Crippen molar-refractivity contribution >= 4 is 63.0 Å². The van der Waals surface area contributed by atoms with Gasteiger partial charge in [0.1, 0.15) is 11.6 Å². The van der Waals surface area contributed by atoms with E-state index in [-0.39, 0.29) is 5.57 Å². The fourth-order valence-corrected chi connectivity index (χ4v) is 4.09. The van der Waals surface area contributed by atoms with Crippen LogP contribution in [0.5, 0.6) is 0 Å². The van der Waals surface area contributed by atoms with Gasteiger partial charge in [-0.1, -0.05) is 35.3 Å². The quantitative estimate of drug-likeness (QED) is 0.429. The molecule has 8 heteroatoms. The molecule has 0 spiro atoms. The highest BCUT2D eigenvalue weighted by atomic mass is 35.5. The summed E-state index contributed by atoms with van der Waals surface area (Å²) in [6.07, 6.45) is 3.82. The minimum Gasteiger partial charge on any atom is -0.297 e. The molecule has 1 aromatic carbocycles. The molecule has 3 aromatic rings. The van der Waals surface area contributed by atoms with Gasteiger partial charge in [0.15, 0.2) is 5.13 Å². The van der Waals surface area contributed by atoms with E-state index in [1.165, 1.54) is 22.7 Å². The summed E-state index contributed by atoms with van der Waals surface area (Å²) in [5.74, 6) is -0.480. The molecule has 0 saturated carbocycles. The second-order valence-electron chi connectivity index (χ2n) is 5.18. The smallest absolute Gasteiger partial charge is 0.268 e. The van der Waals surface area contributed by atoms with Gasteiger partial charge in [-0.05, 0) is 35.2 Å². The average molecular weight is 420 g/mol. The van der Waals surface area contributed by atoms with Gasteiger partial charge in [0.25, 0.3) is 5.91 Å². The fourth-order valence-electron chi connectivity index (χ4n) is 2.13. The molecule has 26 heavy (non-hydrogen) atoms. The Labute approximate surface area is 168 Å². The molecular formula is C18H11Cl2N3OS2. The van der Waals surface area contributed by atoms with Gasteiger partial charge >= 0.3 is 0 Å². The number of benzene rings is 1. The maximum atomic E-state index is 12.3. The van der Waals surface area contributed by atoms with Crippen LogP contribution in [0.1, 0.15) is 15.3 Å². The summed E-state index contributed by atoms with van der Waals surface area (Å²) in [5, 5.41) is 15.4. The van der Waals surface area contributed by atoms with Gasteiger partial charge in [0.2, 0.25) is 0 Å². The Morgan fingerprint density at radius 3 is 2.88 bits per heavy atom. The number of aromatic nitrogens is 1. The number of amides is 1. The van der Waals surface area contributed by atoms with Crippen molar-refractivity contribution in [2.45, 2.75) is 6.42 Å². The van der Waals surface area contributed by atoms with E-state index in [0.717, 1.165) is 15.3 Å². The number of hydrogen-bond acceptors (Lipinski definition) is 5. The van der Waals surface area contributed by atoms with Gasteiger partial charge in [-0.15, -0.1) is 22.7 Å². The maximum Gasteiger partial charge on any atom is 0.268 e. The number of carbonyl (C=O) groups is 1. The largest absolute Gasteiger partial charge is 0.297 e. The van der Waals surface area contributed by atoms with Crippen LogP contribution in [-0.4, -0.2) is 10.9 Å². The molecule has 1 N–H and O–H groups in total. The van der Waals surface area contributed by atoms with E-state index < -0.39 is 5.91 Å². The summed E-state index contributed by atoms with van der Waals surface area (Å²) < 4.78 is 0. The van der Waals surface area contributed by atoms with E-state index in [9.17, 15) is 10.1 Å². The number of halogens is 2. The first-order valence-corrected chi connectivity index (χ1v) is 9.85. The number of hydrogen-bond donors (Lipinski definition) is 1. The van der Waals surface area contributed by atoms with E-state index in [1.807, 2.05) is 29.6 Å². The van der Waals surface area contributed by atoms with Crippen LogP contribution >= 0.6 is 45.9 Å². The molecule has 0 fully saturated rings. The Morgan fingerprint density at radius 2 is 2.19 bits per heavy atom. The van der Waals surface area contributed by atoms with Crippen LogP contribution in [0.15, 0.2) is 47.5 Å². The Bertz CT molecular complexity index is 1000. The molecule has 0 radical (unpaired) electrons. The first-order valence-electron chi connectivity index (χ1n) is 7.40. The number of thiophene rings is 1. The van der Waals surface area contributed by atoms with Crippen LogP contribution in [0.4, 0.5) is 5.13 Å². The number of thiazole rings is 1. The lowest BCUT2D eigenvalue weighted by Crippen LogP contribution is -2.13. The molecule has 0 saturated heterocycles. The van der Waals surface area contributed by atoms with E-state index >= 15 is 0 Å². The van der Waals surface area contributed by atoms with Crippen molar-refractivity contribution < 1.29 is 4.79 Å². The SMILES string of the molecule is N#CC(=Cc1cccs1)C(=O)Nc1ncc(Cc2ccc(Cl)cc2Cl)s1. The maximum absolute atomic E-state index is 12.3. The molecule has 4 nitrogen and oxygen atoms in total. The highest BCUT2D eigenvalue weighted by Crippen LogP contribution is 2.27. The molecule has 0 aliphatic heterocycles. The second kappa shape index (κ2) is 8.47. The van der Waals surface area contributed by atoms with Crippen LogP contribution in [0.25, 0.3) is 6.08 Å². The van der Waals surface area contributed by atoms with E-state index in [4.69, 9.17) is 23.2 Å². The number of nitrogens with zero attached hydrogens (tertiary/aromatic N) is 2. The first kappa shape index (κ1) is 18.6. The lowest BCUT2D eigenvalue weighted by atomic mass is 10.1. The number of nitriles is 1. The van der Waals surface area contributed by atoms with Gasteiger partial charge in [0, 0.05) is 32.4 Å².